The summed E-state index contributed by atoms with van der Waals surface area (Å²) >= 11 is 2.03. The van der Waals surface area contributed by atoms with E-state index in [1.807, 2.05) is 11.8 Å². The molecule has 0 amide bonds. The van der Waals surface area contributed by atoms with E-state index < -0.39 is 5.97 Å². The molecule has 1 heterocycles. The fourth-order valence-electron chi connectivity index (χ4n) is 2.44. The van der Waals surface area contributed by atoms with Crippen molar-refractivity contribution in [1.82, 2.24) is 20.3 Å². The molecule has 7 heteroatoms. The molecule has 0 spiro atoms. The number of carboxylic acid groups (broad SMARTS) is 1. The first-order chi connectivity index (χ1) is 9.20. The summed E-state index contributed by atoms with van der Waals surface area (Å²) in [6.45, 7) is 3.65. The van der Waals surface area contributed by atoms with Crippen LogP contribution in [-0.4, -0.2) is 49.7 Å². The average Bonchev–Trinajstić information content (AvgIpc) is 3.00. The van der Waals surface area contributed by atoms with Crippen LogP contribution in [-0.2, 0) is 6.54 Å². The molecule has 1 aromatic rings. The van der Waals surface area contributed by atoms with E-state index in [0.29, 0.717) is 12.6 Å². The zero-order chi connectivity index (χ0) is 13.7. The maximum atomic E-state index is 10.7. The molecule has 0 bridgehead atoms. The minimum Gasteiger partial charge on any atom is -0.476 e. The molecular formula is C12H20N4O2S. The number of thioether (sulfide) groups is 1. The highest BCUT2D eigenvalue weighted by atomic mass is 32.2. The van der Waals surface area contributed by atoms with E-state index in [4.69, 9.17) is 5.11 Å². The number of aromatic nitrogens is 3. The van der Waals surface area contributed by atoms with Gasteiger partial charge in [0.05, 0.1) is 12.7 Å². The third-order valence-electron chi connectivity index (χ3n) is 3.34. The van der Waals surface area contributed by atoms with Crippen LogP contribution < -0.4 is 5.32 Å². The summed E-state index contributed by atoms with van der Waals surface area (Å²) in [6, 6.07) is 0.576. The van der Waals surface area contributed by atoms with Crippen molar-refractivity contribution in [3.63, 3.8) is 0 Å². The van der Waals surface area contributed by atoms with E-state index in [1.165, 1.54) is 25.5 Å². The normalized spacial score (nSPS) is 22.8. The standard InChI is InChI=1S/C12H20N4O2S/c1-2-19-11-5-3-4-9(11)13-6-7-16-8-10(12(17)18)14-15-16/h8-9,11,13H,2-7H2,1H3,(H,17,18). The molecular weight excluding hydrogens is 264 g/mol. The molecule has 1 aromatic heterocycles. The molecule has 106 valence electrons. The maximum Gasteiger partial charge on any atom is 0.358 e. The van der Waals surface area contributed by atoms with Crippen LogP contribution in [0, 0.1) is 0 Å². The summed E-state index contributed by atoms with van der Waals surface area (Å²) in [7, 11) is 0. The molecule has 1 fully saturated rings. The highest BCUT2D eigenvalue weighted by molar-refractivity contribution is 7.99. The Balaban J connectivity index is 1.74. The summed E-state index contributed by atoms with van der Waals surface area (Å²) in [5, 5.41) is 20.4. The van der Waals surface area contributed by atoms with Gasteiger partial charge in [-0.3, -0.25) is 4.68 Å². The number of hydrogen-bond donors (Lipinski definition) is 2. The number of rotatable bonds is 7. The van der Waals surface area contributed by atoms with Crippen LogP contribution in [0.25, 0.3) is 0 Å². The van der Waals surface area contributed by atoms with Crippen molar-refractivity contribution >= 4 is 17.7 Å². The Morgan fingerprint density at radius 1 is 1.63 bits per heavy atom. The first-order valence-corrected chi connectivity index (χ1v) is 7.74. The van der Waals surface area contributed by atoms with Gasteiger partial charge in [0.25, 0.3) is 0 Å². The minimum atomic E-state index is -1.03. The Morgan fingerprint density at radius 2 is 2.47 bits per heavy atom. The summed E-state index contributed by atoms with van der Waals surface area (Å²) in [4.78, 5) is 10.7. The van der Waals surface area contributed by atoms with E-state index in [1.54, 1.807) is 4.68 Å². The van der Waals surface area contributed by atoms with Crippen LogP contribution >= 0.6 is 11.8 Å². The highest BCUT2D eigenvalue weighted by Crippen LogP contribution is 2.29. The van der Waals surface area contributed by atoms with E-state index >= 15 is 0 Å². The molecule has 2 rings (SSSR count). The van der Waals surface area contributed by atoms with Gasteiger partial charge in [-0.25, -0.2) is 4.79 Å². The molecule has 0 aliphatic heterocycles. The number of nitrogens with zero attached hydrogens (tertiary/aromatic N) is 3. The lowest BCUT2D eigenvalue weighted by Crippen LogP contribution is -2.36. The van der Waals surface area contributed by atoms with Crippen molar-refractivity contribution in [2.75, 3.05) is 12.3 Å². The second-order valence-corrected chi connectivity index (χ2v) is 6.17. The molecule has 0 saturated heterocycles. The smallest absolute Gasteiger partial charge is 0.358 e. The van der Waals surface area contributed by atoms with Gasteiger partial charge in [0.15, 0.2) is 5.69 Å². The second kappa shape index (κ2) is 6.91. The molecule has 19 heavy (non-hydrogen) atoms. The van der Waals surface area contributed by atoms with E-state index in [-0.39, 0.29) is 5.69 Å². The van der Waals surface area contributed by atoms with Gasteiger partial charge < -0.3 is 10.4 Å². The lowest BCUT2D eigenvalue weighted by atomic mass is 10.2. The van der Waals surface area contributed by atoms with Crippen molar-refractivity contribution in [1.29, 1.82) is 0 Å². The topological polar surface area (TPSA) is 80.0 Å². The molecule has 6 nitrogen and oxygen atoms in total. The van der Waals surface area contributed by atoms with Gasteiger partial charge in [0.1, 0.15) is 0 Å². The first-order valence-electron chi connectivity index (χ1n) is 6.69. The van der Waals surface area contributed by atoms with Crippen LogP contribution in [0.2, 0.25) is 0 Å². The monoisotopic (exact) mass is 284 g/mol. The quantitative estimate of drug-likeness (QED) is 0.784. The number of carboxylic acids is 1. The lowest BCUT2D eigenvalue weighted by Gasteiger charge is -2.20. The molecule has 0 radical (unpaired) electrons. The molecule has 1 aliphatic rings. The summed E-state index contributed by atoms with van der Waals surface area (Å²) in [6.07, 6.45) is 5.29. The fraction of sp³-hybridized carbons (Fsp3) is 0.750. The molecule has 2 unspecified atom stereocenters. The Labute approximate surface area is 116 Å². The molecule has 1 aliphatic carbocycles. The van der Waals surface area contributed by atoms with Gasteiger partial charge in [-0.15, -0.1) is 5.10 Å². The fourth-order valence-corrected chi connectivity index (χ4v) is 3.67. The maximum absolute atomic E-state index is 10.7. The minimum absolute atomic E-state index is 0.000261. The van der Waals surface area contributed by atoms with E-state index in [0.717, 1.165) is 17.5 Å². The number of carbonyl (C=O) groups is 1. The van der Waals surface area contributed by atoms with Gasteiger partial charge in [0, 0.05) is 17.8 Å². The van der Waals surface area contributed by atoms with Gasteiger partial charge in [0.2, 0.25) is 0 Å². The molecule has 2 atom stereocenters. The SMILES string of the molecule is CCSC1CCCC1NCCn1cc(C(=O)O)nn1. The van der Waals surface area contributed by atoms with Crippen molar-refractivity contribution in [3.05, 3.63) is 11.9 Å². The van der Waals surface area contributed by atoms with Gasteiger partial charge in [-0.1, -0.05) is 18.6 Å². The summed E-state index contributed by atoms with van der Waals surface area (Å²) in [5.74, 6) is 0.128. The first kappa shape index (κ1) is 14.3. The van der Waals surface area contributed by atoms with Crippen molar-refractivity contribution < 1.29 is 9.90 Å². The number of aromatic carboxylic acids is 1. The van der Waals surface area contributed by atoms with Crippen molar-refractivity contribution in [3.8, 4) is 0 Å². The third-order valence-corrected chi connectivity index (χ3v) is 4.66. The second-order valence-electron chi connectivity index (χ2n) is 4.66. The molecule has 2 N–H and O–H groups in total. The van der Waals surface area contributed by atoms with Crippen LogP contribution in [0.15, 0.2) is 6.20 Å². The van der Waals surface area contributed by atoms with Crippen molar-refractivity contribution in [2.45, 2.75) is 44.0 Å². The zero-order valence-corrected chi connectivity index (χ0v) is 11.9. The number of hydrogen-bond acceptors (Lipinski definition) is 5. The van der Waals surface area contributed by atoms with Crippen LogP contribution in [0.1, 0.15) is 36.7 Å². The Hall–Kier alpha value is -1.08. The van der Waals surface area contributed by atoms with Gasteiger partial charge in [-0.05, 0) is 18.6 Å². The van der Waals surface area contributed by atoms with Crippen LogP contribution in [0.3, 0.4) is 0 Å². The van der Waals surface area contributed by atoms with Crippen LogP contribution in [0.4, 0.5) is 0 Å². The Bertz CT molecular complexity index is 424. The van der Waals surface area contributed by atoms with E-state index in [2.05, 4.69) is 22.6 Å². The Kier molecular flexibility index (Phi) is 5.21. The van der Waals surface area contributed by atoms with Crippen molar-refractivity contribution in [2.24, 2.45) is 0 Å². The summed E-state index contributed by atoms with van der Waals surface area (Å²) in [5.41, 5.74) is 0.000261. The van der Waals surface area contributed by atoms with Gasteiger partial charge in [-0.2, -0.15) is 11.8 Å². The lowest BCUT2D eigenvalue weighted by molar-refractivity contribution is 0.0690. The predicted molar refractivity (Wildman–Crippen MR) is 74.5 cm³/mol. The molecule has 0 aromatic carbocycles. The zero-order valence-electron chi connectivity index (χ0n) is 11.1. The Morgan fingerprint density at radius 3 is 3.16 bits per heavy atom. The third kappa shape index (κ3) is 3.94. The van der Waals surface area contributed by atoms with Gasteiger partial charge >= 0.3 is 5.97 Å². The highest BCUT2D eigenvalue weighted by Gasteiger charge is 2.26. The predicted octanol–water partition coefficient (Wildman–Crippen LogP) is 1.24. The average molecular weight is 284 g/mol. The molecule has 1 saturated carbocycles. The van der Waals surface area contributed by atoms with Crippen LogP contribution in [0.5, 0.6) is 0 Å². The number of nitrogens with one attached hydrogen (secondary N) is 1. The summed E-state index contributed by atoms with van der Waals surface area (Å²) < 4.78 is 1.58. The largest absolute Gasteiger partial charge is 0.476 e. The van der Waals surface area contributed by atoms with E-state index in [9.17, 15) is 4.79 Å².